The van der Waals surface area contributed by atoms with E-state index in [1.54, 1.807) is 14.2 Å². The second-order valence-electron chi connectivity index (χ2n) is 1.70. The van der Waals surface area contributed by atoms with E-state index in [2.05, 4.69) is 0 Å². The van der Waals surface area contributed by atoms with Crippen LogP contribution in [-0.2, 0) is 17.8 Å². The molecule has 0 fully saturated rings. The molecule has 0 unspecified atom stereocenters. The van der Waals surface area contributed by atoms with E-state index in [4.69, 9.17) is 17.8 Å². The Morgan fingerprint density at radius 1 is 0.818 bits per heavy atom. The molecule has 0 aliphatic carbocycles. The minimum atomic E-state index is 0.536. The lowest BCUT2D eigenvalue weighted by atomic mass is 10.8. The van der Waals surface area contributed by atoms with Crippen LogP contribution in [0.5, 0.6) is 0 Å². The van der Waals surface area contributed by atoms with E-state index in [1.807, 2.05) is 0 Å². The predicted octanol–water partition coefficient (Wildman–Crippen LogP) is 0.876. The molecule has 0 aromatic heterocycles. The molecule has 0 atom stereocenters. The van der Waals surface area contributed by atoms with Gasteiger partial charge in [0.2, 0.25) is 0 Å². The van der Waals surface area contributed by atoms with Crippen molar-refractivity contribution in [3.63, 3.8) is 0 Å². The Kier molecular flexibility index (Phi) is 10.4. The third-order valence-electron chi connectivity index (χ3n) is 0.838. The van der Waals surface area contributed by atoms with E-state index in [-0.39, 0.29) is 0 Å². The van der Waals surface area contributed by atoms with Gasteiger partial charge in [-0.25, -0.2) is 0 Å². The summed E-state index contributed by atoms with van der Waals surface area (Å²) in [4.78, 5) is 0. The molecule has 0 radical (unpaired) electrons. The van der Waals surface area contributed by atoms with Crippen molar-refractivity contribution in [3.8, 4) is 0 Å². The van der Waals surface area contributed by atoms with Gasteiger partial charge in [0.25, 0.3) is 0 Å². The summed E-state index contributed by atoms with van der Waals surface area (Å²) in [5.41, 5.74) is 0. The molecule has 0 saturated carbocycles. The zero-order valence-corrected chi connectivity index (χ0v) is 7.69. The van der Waals surface area contributed by atoms with E-state index in [0.717, 1.165) is 12.3 Å². The largest absolute Gasteiger partial charge is 0.382 e. The van der Waals surface area contributed by atoms with Crippen molar-refractivity contribution in [2.75, 3.05) is 40.6 Å². The van der Waals surface area contributed by atoms with Crippen LogP contribution in [0.4, 0.5) is 0 Å². The summed E-state index contributed by atoms with van der Waals surface area (Å²) >= 11 is 0.973. The van der Waals surface area contributed by atoms with E-state index in [0.29, 0.717) is 26.4 Å². The van der Waals surface area contributed by atoms with Crippen molar-refractivity contribution in [1.82, 2.24) is 0 Å². The molecule has 0 spiro atoms. The maximum absolute atomic E-state index is 4.93. The smallest absolute Gasteiger partial charge is 0.158 e. The highest BCUT2D eigenvalue weighted by Gasteiger charge is 1.89. The first kappa shape index (κ1) is 11.2. The quantitative estimate of drug-likeness (QED) is 0.411. The van der Waals surface area contributed by atoms with Crippen LogP contribution in [0.1, 0.15) is 0 Å². The van der Waals surface area contributed by atoms with Crippen molar-refractivity contribution < 1.29 is 17.8 Å². The zero-order valence-electron chi connectivity index (χ0n) is 6.87. The van der Waals surface area contributed by atoms with Crippen LogP contribution < -0.4 is 0 Å². The standard InChI is InChI=1S/C6H14O4S/c1-7-3-5-9-11-10-6-4-8-2/h3-6H2,1-2H3. The van der Waals surface area contributed by atoms with Gasteiger partial charge >= 0.3 is 0 Å². The fourth-order valence-electron chi connectivity index (χ4n) is 0.337. The first-order valence-electron chi connectivity index (χ1n) is 3.30. The Hall–Kier alpha value is 0.190. The Balaban J connectivity index is 2.69. The van der Waals surface area contributed by atoms with Crippen LogP contribution in [0.25, 0.3) is 0 Å². The van der Waals surface area contributed by atoms with Crippen molar-refractivity contribution >= 4 is 12.3 Å². The van der Waals surface area contributed by atoms with Crippen LogP contribution in [0.2, 0.25) is 0 Å². The fraction of sp³-hybridized carbons (Fsp3) is 1.00. The molecule has 0 aliphatic rings. The molecule has 5 heteroatoms. The van der Waals surface area contributed by atoms with Gasteiger partial charge in [-0.15, -0.1) is 0 Å². The highest BCUT2D eigenvalue weighted by atomic mass is 32.2. The molecule has 0 amide bonds. The summed E-state index contributed by atoms with van der Waals surface area (Å²) in [6.07, 6.45) is 0. The molecule has 11 heavy (non-hydrogen) atoms. The molecule has 0 bridgehead atoms. The molecule has 4 nitrogen and oxygen atoms in total. The zero-order chi connectivity index (χ0) is 8.36. The van der Waals surface area contributed by atoms with Crippen LogP contribution in [-0.4, -0.2) is 40.6 Å². The summed E-state index contributed by atoms with van der Waals surface area (Å²) in [5, 5.41) is 0. The van der Waals surface area contributed by atoms with Crippen molar-refractivity contribution in [1.29, 1.82) is 0 Å². The average molecular weight is 182 g/mol. The molecular formula is C6H14O4S. The van der Waals surface area contributed by atoms with Gasteiger partial charge in [0.1, 0.15) is 0 Å². The highest BCUT2D eigenvalue weighted by Crippen LogP contribution is 2.02. The second-order valence-corrected chi connectivity index (χ2v) is 2.31. The van der Waals surface area contributed by atoms with Gasteiger partial charge in [-0.05, 0) is 0 Å². The minimum absolute atomic E-state index is 0.536. The van der Waals surface area contributed by atoms with Gasteiger partial charge in [-0.2, -0.15) is 0 Å². The highest BCUT2D eigenvalue weighted by molar-refractivity contribution is 7.89. The molecule has 0 aromatic rings. The molecule has 0 aliphatic heterocycles. The number of methoxy groups -OCH3 is 2. The summed E-state index contributed by atoms with van der Waals surface area (Å²) in [7, 11) is 3.25. The second kappa shape index (κ2) is 10.2. The molecule has 68 valence electrons. The summed E-state index contributed by atoms with van der Waals surface area (Å²) in [5.74, 6) is 0. The summed E-state index contributed by atoms with van der Waals surface area (Å²) in [6.45, 7) is 2.24. The van der Waals surface area contributed by atoms with Gasteiger partial charge < -0.3 is 9.47 Å². The monoisotopic (exact) mass is 182 g/mol. The third-order valence-corrected chi connectivity index (χ3v) is 1.36. The van der Waals surface area contributed by atoms with Gasteiger partial charge in [-0.1, -0.05) is 0 Å². The number of ether oxygens (including phenoxy) is 2. The van der Waals surface area contributed by atoms with E-state index >= 15 is 0 Å². The molecule has 0 saturated heterocycles. The Labute approximate surface area is 71.6 Å². The predicted molar refractivity (Wildman–Crippen MR) is 43.2 cm³/mol. The van der Waals surface area contributed by atoms with E-state index in [9.17, 15) is 0 Å². The number of hydrogen-bond acceptors (Lipinski definition) is 5. The van der Waals surface area contributed by atoms with Gasteiger partial charge in [0, 0.05) is 14.2 Å². The lowest BCUT2D eigenvalue weighted by Crippen LogP contribution is -2.00. The number of rotatable bonds is 8. The average Bonchev–Trinajstić information content (AvgIpc) is 2.03. The van der Waals surface area contributed by atoms with Crippen LogP contribution >= 0.6 is 12.3 Å². The van der Waals surface area contributed by atoms with E-state index in [1.165, 1.54) is 0 Å². The van der Waals surface area contributed by atoms with Crippen molar-refractivity contribution in [2.45, 2.75) is 0 Å². The fourth-order valence-corrected chi connectivity index (χ4v) is 0.677. The van der Waals surface area contributed by atoms with Crippen molar-refractivity contribution in [3.05, 3.63) is 0 Å². The van der Waals surface area contributed by atoms with Gasteiger partial charge in [-0.3, -0.25) is 8.37 Å². The molecule has 0 N–H and O–H groups in total. The Morgan fingerprint density at radius 2 is 1.27 bits per heavy atom. The molecule has 0 heterocycles. The maximum atomic E-state index is 4.93. The van der Waals surface area contributed by atoms with Gasteiger partial charge in [0.05, 0.1) is 26.4 Å². The van der Waals surface area contributed by atoms with Crippen LogP contribution in [0.3, 0.4) is 0 Å². The first-order valence-corrected chi connectivity index (χ1v) is 3.97. The third kappa shape index (κ3) is 10.2. The minimum Gasteiger partial charge on any atom is -0.382 e. The summed E-state index contributed by atoms with van der Waals surface area (Å²) in [6, 6.07) is 0. The first-order chi connectivity index (χ1) is 5.41. The molecule has 0 rings (SSSR count). The lowest BCUT2D eigenvalue weighted by molar-refractivity contribution is 0.134. The molecular weight excluding hydrogens is 168 g/mol. The Bertz CT molecular complexity index is 63.6. The van der Waals surface area contributed by atoms with E-state index < -0.39 is 0 Å². The normalized spacial score (nSPS) is 10.4. The van der Waals surface area contributed by atoms with Gasteiger partial charge in [0.15, 0.2) is 12.3 Å². The Morgan fingerprint density at radius 3 is 1.64 bits per heavy atom. The maximum Gasteiger partial charge on any atom is 0.158 e. The SMILES string of the molecule is COCCOSOCCOC. The van der Waals surface area contributed by atoms with Crippen molar-refractivity contribution in [2.24, 2.45) is 0 Å². The lowest BCUT2D eigenvalue weighted by Gasteiger charge is -2.01. The topological polar surface area (TPSA) is 36.9 Å². The molecule has 0 aromatic carbocycles. The number of hydrogen-bond donors (Lipinski definition) is 0. The van der Waals surface area contributed by atoms with Crippen LogP contribution in [0.15, 0.2) is 0 Å². The van der Waals surface area contributed by atoms with Crippen LogP contribution in [0, 0.1) is 0 Å². The summed E-state index contributed by atoms with van der Waals surface area (Å²) < 4.78 is 19.4.